The Balaban J connectivity index is 5.51. The lowest BCUT2D eigenvalue weighted by Crippen LogP contribution is -2.30. The number of carbonyl (C=O) groups is 4. The number of hydrogen-bond acceptors (Lipinski definition) is 15. The minimum absolute atomic E-state index is 0.0217. The van der Waals surface area contributed by atoms with Crippen molar-refractivity contribution in [3.63, 3.8) is 0 Å². The van der Waals surface area contributed by atoms with Crippen molar-refractivity contribution in [1.82, 2.24) is 0 Å². The SMILES string of the molecule is CC/C=C\C/C=C\C/C=C\C/C=C\C/C=C\C/C=C\CCC(=O)OCC(COP(=O)(O)OCC(O)COP(=O)(O)OCC(COC(=O)CCCCCCCC/C=C\C/C=C\C/C=C\C/C=C\CC)OC(=O)CCCCCCC/C=C\C/C=C\C/C=C\CC)OC(=O)CCCCCC/C=C\C/C=C\C/C=C\C/C=C\CC. The van der Waals surface area contributed by atoms with Gasteiger partial charge in [0.05, 0.1) is 26.4 Å². The van der Waals surface area contributed by atoms with Crippen molar-refractivity contribution in [2.45, 2.75) is 303 Å². The van der Waals surface area contributed by atoms with Crippen LogP contribution in [0.5, 0.6) is 0 Å². The molecule has 0 aliphatic rings. The van der Waals surface area contributed by atoms with Crippen molar-refractivity contribution >= 4 is 39.5 Å². The van der Waals surface area contributed by atoms with E-state index in [9.17, 15) is 43.2 Å². The number of hydrogen-bond donors (Lipinski definition) is 3. The van der Waals surface area contributed by atoms with Gasteiger partial charge >= 0.3 is 39.5 Å². The number of aliphatic hydroxyl groups is 1. The number of carbonyl (C=O) groups excluding carboxylic acids is 4. The van der Waals surface area contributed by atoms with Crippen LogP contribution in [0.1, 0.15) is 285 Å². The lowest BCUT2D eigenvalue weighted by Gasteiger charge is -2.21. The van der Waals surface area contributed by atoms with Crippen LogP contribution in [0, 0.1) is 0 Å². The molecule has 5 atom stereocenters. The molecule has 3 N–H and O–H groups in total. The van der Waals surface area contributed by atoms with Gasteiger partial charge < -0.3 is 33.8 Å². The minimum atomic E-state index is -5.02. The van der Waals surface area contributed by atoms with Crippen molar-refractivity contribution in [3.05, 3.63) is 207 Å². The normalized spacial score (nSPS) is 14.9. The Kier molecular flexibility index (Phi) is 76.0. The van der Waals surface area contributed by atoms with Gasteiger partial charge in [-0.3, -0.25) is 37.3 Å². The summed E-state index contributed by atoms with van der Waals surface area (Å²) in [6.07, 6.45) is 101. The Hall–Kier alpha value is -6.36. The maximum atomic E-state index is 13.1. The molecule has 0 aromatic carbocycles. The zero-order valence-corrected chi connectivity index (χ0v) is 69.6. The van der Waals surface area contributed by atoms with E-state index in [1.54, 1.807) is 0 Å². The zero-order chi connectivity index (χ0) is 80.3. The number of unbranched alkanes of at least 4 members (excludes halogenated alkanes) is 15. The maximum absolute atomic E-state index is 13.1. The number of ether oxygens (including phenoxy) is 4. The molecule has 110 heavy (non-hydrogen) atoms. The molecule has 0 aliphatic carbocycles. The fraction of sp³-hybridized carbons (Fsp3) is 0.582. The summed E-state index contributed by atoms with van der Waals surface area (Å²) >= 11 is 0. The first-order valence-corrected chi connectivity index (χ1v) is 44.3. The molecule has 0 saturated carbocycles. The second-order valence-corrected chi connectivity index (χ2v) is 29.4. The second-order valence-electron chi connectivity index (χ2n) is 26.5. The van der Waals surface area contributed by atoms with Crippen molar-refractivity contribution in [2.24, 2.45) is 0 Å². The molecular formula is C91H144O17P2. The fourth-order valence-electron chi connectivity index (χ4n) is 10.1. The minimum Gasteiger partial charge on any atom is -0.462 e. The van der Waals surface area contributed by atoms with Gasteiger partial charge in [-0.25, -0.2) is 9.13 Å². The first kappa shape index (κ1) is 104. The van der Waals surface area contributed by atoms with Crippen molar-refractivity contribution < 1.29 is 80.2 Å². The van der Waals surface area contributed by atoms with Gasteiger partial charge in [-0.1, -0.05) is 292 Å². The highest BCUT2D eigenvalue weighted by Gasteiger charge is 2.30. The Labute approximate surface area is 665 Å². The van der Waals surface area contributed by atoms with Gasteiger partial charge in [-0.15, -0.1) is 0 Å². The number of phosphoric acid groups is 2. The summed E-state index contributed by atoms with van der Waals surface area (Å²) in [4.78, 5) is 73.2. The molecule has 0 saturated heterocycles. The van der Waals surface area contributed by atoms with Gasteiger partial charge in [0.15, 0.2) is 12.2 Å². The molecule has 19 heteroatoms. The van der Waals surface area contributed by atoms with E-state index in [2.05, 4.69) is 216 Å². The number of esters is 4. The van der Waals surface area contributed by atoms with Gasteiger partial charge in [0.2, 0.25) is 0 Å². The standard InChI is InChI=1S/C91H144O17P2/c1-5-9-13-17-21-25-29-33-37-40-42-45-48-51-55-59-63-67-71-75-88(93)101-81-86(107-90(95)77-73-69-65-61-57-53-47-36-32-28-24-20-16-12-8-4)83-105-109(97,98)103-79-85(92)80-104-110(99,100)106-84-87(108-91(96)78-74-70-66-62-58-54-50-44-39-35-31-27-23-19-15-11-7-3)82-102-89(94)76-72-68-64-60-56-52-49-46-43-41-38-34-30-26-22-18-14-10-6-2/h9-16,21-28,33-39,42-43,45-47,50,52,54,56,64,68,85-87,92H,5-8,17-20,29-32,40-41,44,48-49,51,53,55,57-63,65-67,69-84H2,1-4H3,(H,97,98)(H,99,100)/b13-9-,14-10-,15-11-,16-12-,25-21-,26-22-,27-23-,28-24-,37-33-,38-34-,39-35-,45-42-,46-43-,47-36-,54-50-,56-52-,68-64-. The molecule has 0 rings (SSSR count). The van der Waals surface area contributed by atoms with E-state index in [0.29, 0.717) is 32.1 Å². The van der Waals surface area contributed by atoms with E-state index < -0.39 is 97.5 Å². The predicted octanol–water partition coefficient (Wildman–Crippen LogP) is 24.7. The van der Waals surface area contributed by atoms with Gasteiger partial charge in [0.25, 0.3) is 0 Å². The average molecular weight is 1570 g/mol. The number of phosphoric ester groups is 2. The van der Waals surface area contributed by atoms with E-state index in [-0.39, 0.29) is 25.7 Å². The first-order valence-electron chi connectivity index (χ1n) is 41.3. The molecule has 0 radical (unpaired) electrons. The molecule has 0 bridgehead atoms. The highest BCUT2D eigenvalue weighted by Crippen LogP contribution is 2.45. The maximum Gasteiger partial charge on any atom is 0.472 e. The fourth-order valence-corrected chi connectivity index (χ4v) is 11.7. The number of allylic oxidation sites excluding steroid dienone is 34. The first-order chi connectivity index (χ1) is 53.7. The molecule has 0 heterocycles. The summed E-state index contributed by atoms with van der Waals surface area (Å²) in [6, 6.07) is 0. The summed E-state index contributed by atoms with van der Waals surface area (Å²) in [5, 5.41) is 10.7. The monoisotopic (exact) mass is 1570 g/mol. The highest BCUT2D eigenvalue weighted by atomic mass is 31.2. The average Bonchev–Trinajstić information content (AvgIpc) is 0.906. The summed E-state index contributed by atoms with van der Waals surface area (Å²) in [5.74, 6) is -2.35. The Morgan fingerprint density at radius 2 is 0.464 bits per heavy atom. The van der Waals surface area contributed by atoms with E-state index in [1.807, 2.05) is 18.2 Å². The van der Waals surface area contributed by atoms with Crippen LogP contribution >= 0.6 is 15.6 Å². The third kappa shape index (κ3) is 79.7. The summed E-state index contributed by atoms with van der Waals surface area (Å²) in [5.41, 5.74) is 0. The zero-order valence-electron chi connectivity index (χ0n) is 67.8. The van der Waals surface area contributed by atoms with E-state index >= 15 is 0 Å². The van der Waals surface area contributed by atoms with Crippen LogP contribution in [0.15, 0.2) is 207 Å². The summed E-state index contributed by atoms with van der Waals surface area (Å²) in [6.45, 7) is 4.25. The summed E-state index contributed by atoms with van der Waals surface area (Å²) < 4.78 is 68.6. The molecule has 0 aliphatic heterocycles. The third-order valence-corrected chi connectivity index (χ3v) is 18.1. The molecule has 17 nitrogen and oxygen atoms in total. The van der Waals surface area contributed by atoms with Crippen LogP contribution in [0.2, 0.25) is 0 Å². The van der Waals surface area contributed by atoms with Crippen molar-refractivity contribution in [3.8, 4) is 0 Å². The lowest BCUT2D eigenvalue weighted by atomic mass is 10.1. The third-order valence-electron chi connectivity index (χ3n) is 16.2. The largest absolute Gasteiger partial charge is 0.472 e. The Morgan fingerprint density at radius 3 is 0.736 bits per heavy atom. The van der Waals surface area contributed by atoms with E-state index in [4.69, 9.17) is 37.0 Å². The highest BCUT2D eigenvalue weighted by molar-refractivity contribution is 7.47. The second kappa shape index (κ2) is 80.7. The van der Waals surface area contributed by atoms with Crippen LogP contribution in [0.25, 0.3) is 0 Å². The Morgan fingerprint density at radius 1 is 0.255 bits per heavy atom. The molecule has 5 unspecified atom stereocenters. The van der Waals surface area contributed by atoms with Crippen molar-refractivity contribution in [2.75, 3.05) is 39.6 Å². The van der Waals surface area contributed by atoms with Gasteiger partial charge in [0.1, 0.15) is 19.3 Å². The van der Waals surface area contributed by atoms with Crippen LogP contribution < -0.4 is 0 Å². The van der Waals surface area contributed by atoms with Gasteiger partial charge in [0, 0.05) is 25.7 Å². The van der Waals surface area contributed by atoms with Crippen LogP contribution in [-0.4, -0.2) is 96.7 Å². The number of aliphatic hydroxyl groups excluding tert-OH is 1. The van der Waals surface area contributed by atoms with Gasteiger partial charge in [-0.05, 0) is 173 Å². The smallest absolute Gasteiger partial charge is 0.462 e. The van der Waals surface area contributed by atoms with E-state index in [1.165, 1.54) is 0 Å². The van der Waals surface area contributed by atoms with Gasteiger partial charge in [-0.2, -0.15) is 0 Å². The molecular weight excluding hydrogens is 1430 g/mol. The molecule has 0 amide bonds. The molecule has 0 spiro atoms. The van der Waals surface area contributed by atoms with Crippen LogP contribution in [-0.2, 0) is 65.4 Å². The number of rotatable bonds is 75. The quantitative estimate of drug-likeness (QED) is 0.0169. The molecule has 0 fully saturated rings. The molecule has 0 aromatic heterocycles. The van der Waals surface area contributed by atoms with Crippen molar-refractivity contribution in [1.29, 1.82) is 0 Å². The molecule has 0 aromatic rings. The lowest BCUT2D eigenvalue weighted by molar-refractivity contribution is -0.161. The topological polar surface area (TPSA) is 237 Å². The van der Waals surface area contributed by atoms with Crippen LogP contribution in [0.3, 0.4) is 0 Å². The van der Waals surface area contributed by atoms with E-state index in [0.717, 1.165) is 199 Å². The van der Waals surface area contributed by atoms with Crippen LogP contribution in [0.4, 0.5) is 0 Å². The predicted molar refractivity (Wildman–Crippen MR) is 454 cm³/mol. The summed E-state index contributed by atoms with van der Waals surface area (Å²) in [7, 11) is -10.0. The molecule has 620 valence electrons. The Bertz CT molecular complexity index is 2900.